The summed E-state index contributed by atoms with van der Waals surface area (Å²) in [5.74, 6) is 7.53. The maximum Gasteiger partial charge on any atom is 0.0392 e. The zero-order valence-corrected chi connectivity index (χ0v) is 18.0. The summed E-state index contributed by atoms with van der Waals surface area (Å²) in [5.41, 5.74) is 3.66. The van der Waals surface area contributed by atoms with Gasteiger partial charge < -0.3 is 0 Å². The molecule has 0 aromatic heterocycles. The van der Waals surface area contributed by atoms with Crippen LogP contribution >= 0.6 is 47.0 Å². The third-order valence-corrected chi connectivity index (χ3v) is 11.6. The van der Waals surface area contributed by atoms with E-state index in [4.69, 9.17) is 0 Å². The minimum Gasteiger partial charge on any atom is -0.119 e. The molecule has 4 rings (SSSR count). The molecule has 0 bridgehead atoms. The molecule has 0 amide bonds. The van der Waals surface area contributed by atoms with Gasteiger partial charge in [0, 0.05) is 8.47 Å². The Bertz CT molecular complexity index is 426. The standard InChI is InChI=1S/C20H30S4/c1-11-21-19(22-12-1)17-7-3-15(4-8-17)16-5-9-18(10-6-16)20-23-13-2-14-24-20/h15-16H,1-14H2. The predicted octanol–water partition coefficient (Wildman–Crippen LogP) is 7.53. The highest BCUT2D eigenvalue weighted by molar-refractivity contribution is 8.23. The normalized spacial score (nSPS) is 33.0. The lowest BCUT2D eigenvalue weighted by Gasteiger charge is -2.36. The van der Waals surface area contributed by atoms with E-state index in [-0.39, 0.29) is 0 Å². The first-order valence-electron chi connectivity index (χ1n) is 9.85. The highest BCUT2D eigenvalue weighted by Crippen LogP contribution is 2.48. The largest absolute Gasteiger partial charge is 0.119 e. The highest BCUT2D eigenvalue weighted by atomic mass is 32.2. The molecule has 2 aliphatic heterocycles. The van der Waals surface area contributed by atoms with Crippen molar-refractivity contribution in [1.82, 2.24) is 0 Å². The van der Waals surface area contributed by atoms with E-state index in [9.17, 15) is 0 Å². The second kappa shape index (κ2) is 9.19. The van der Waals surface area contributed by atoms with Crippen LogP contribution in [0, 0.1) is 11.8 Å². The van der Waals surface area contributed by atoms with E-state index in [0.717, 1.165) is 11.8 Å². The molecule has 24 heavy (non-hydrogen) atoms. The van der Waals surface area contributed by atoms with E-state index in [1.165, 1.54) is 87.2 Å². The summed E-state index contributed by atoms with van der Waals surface area (Å²) in [5, 5.41) is 0. The fraction of sp³-hybridized carbons (Fsp3) is 0.800. The molecule has 0 unspecified atom stereocenters. The van der Waals surface area contributed by atoms with Crippen molar-refractivity contribution in [3.05, 3.63) is 19.6 Å². The van der Waals surface area contributed by atoms with Crippen LogP contribution in [0.4, 0.5) is 0 Å². The molecule has 2 aliphatic carbocycles. The summed E-state index contributed by atoms with van der Waals surface area (Å²) in [6.45, 7) is 0. The molecule has 2 heterocycles. The van der Waals surface area contributed by atoms with Crippen molar-refractivity contribution in [3.8, 4) is 0 Å². The fourth-order valence-corrected chi connectivity index (χ4v) is 10.2. The Hall–Kier alpha value is 0.880. The Morgan fingerprint density at radius 1 is 0.500 bits per heavy atom. The molecule has 0 N–H and O–H groups in total. The smallest absolute Gasteiger partial charge is 0.0392 e. The van der Waals surface area contributed by atoms with Crippen molar-refractivity contribution in [3.63, 3.8) is 0 Å². The van der Waals surface area contributed by atoms with Crippen LogP contribution in [0.2, 0.25) is 0 Å². The molecule has 2 saturated carbocycles. The van der Waals surface area contributed by atoms with E-state index < -0.39 is 0 Å². The van der Waals surface area contributed by atoms with Crippen molar-refractivity contribution in [2.75, 3.05) is 23.0 Å². The van der Waals surface area contributed by atoms with Crippen LogP contribution in [0.15, 0.2) is 19.6 Å². The molecule has 0 aromatic rings. The molecule has 134 valence electrons. The van der Waals surface area contributed by atoms with Crippen molar-refractivity contribution in [1.29, 1.82) is 0 Å². The predicted molar refractivity (Wildman–Crippen MR) is 117 cm³/mol. The van der Waals surface area contributed by atoms with Crippen molar-refractivity contribution < 1.29 is 0 Å². The van der Waals surface area contributed by atoms with Gasteiger partial charge >= 0.3 is 0 Å². The number of allylic oxidation sites excluding steroid dienone is 2. The first kappa shape index (κ1) is 18.3. The molecule has 0 spiro atoms. The van der Waals surface area contributed by atoms with Crippen LogP contribution in [0.3, 0.4) is 0 Å². The molecule has 2 saturated heterocycles. The lowest BCUT2D eigenvalue weighted by molar-refractivity contribution is 0.230. The quantitative estimate of drug-likeness (QED) is 0.447. The van der Waals surface area contributed by atoms with Crippen LogP contribution < -0.4 is 0 Å². The van der Waals surface area contributed by atoms with Crippen molar-refractivity contribution >= 4 is 47.0 Å². The average molecular weight is 399 g/mol. The molecule has 0 nitrogen and oxygen atoms in total. The summed E-state index contributed by atoms with van der Waals surface area (Å²) < 4.78 is 3.45. The number of hydrogen-bond donors (Lipinski definition) is 0. The average Bonchev–Trinajstić information content (AvgIpc) is 2.70. The Balaban J connectivity index is 1.28. The molecule has 4 fully saturated rings. The summed E-state index contributed by atoms with van der Waals surface area (Å²) in [4.78, 5) is 0. The molecule has 4 aliphatic rings. The third-order valence-electron chi connectivity index (χ3n) is 6.02. The van der Waals surface area contributed by atoms with Crippen molar-refractivity contribution in [2.24, 2.45) is 11.8 Å². The highest BCUT2D eigenvalue weighted by Gasteiger charge is 2.30. The second-order valence-corrected chi connectivity index (χ2v) is 12.5. The topological polar surface area (TPSA) is 0 Å². The van der Waals surface area contributed by atoms with Gasteiger partial charge in [-0.25, -0.2) is 0 Å². The first-order chi connectivity index (χ1) is 11.9. The summed E-state index contributed by atoms with van der Waals surface area (Å²) in [6, 6.07) is 0. The molecule has 0 atom stereocenters. The van der Waals surface area contributed by atoms with Crippen LogP contribution in [0.5, 0.6) is 0 Å². The fourth-order valence-electron chi connectivity index (χ4n) is 4.60. The maximum atomic E-state index is 2.15. The molecular formula is C20H30S4. The SMILES string of the molecule is C1CSC(=C2CCC(C3CCC(=C4SCCCS4)CC3)CC2)SC1. The molecule has 0 radical (unpaired) electrons. The minimum atomic E-state index is 1.03. The monoisotopic (exact) mass is 398 g/mol. The van der Waals surface area contributed by atoms with Gasteiger partial charge in [-0.1, -0.05) is 11.1 Å². The van der Waals surface area contributed by atoms with E-state index in [1.807, 2.05) is 11.1 Å². The number of hydrogen-bond acceptors (Lipinski definition) is 4. The van der Waals surface area contributed by atoms with Gasteiger partial charge in [-0.15, -0.1) is 47.0 Å². The Kier molecular flexibility index (Phi) is 6.99. The van der Waals surface area contributed by atoms with E-state index in [1.54, 1.807) is 8.47 Å². The van der Waals surface area contributed by atoms with Gasteiger partial charge in [0.1, 0.15) is 0 Å². The zero-order valence-electron chi connectivity index (χ0n) is 14.7. The van der Waals surface area contributed by atoms with Crippen LogP contribution in [0.25, 0.3) is 0 Å². The zero-order chi connectivity index (χ0) is 16.2. The maximum absolute atomic E-state index is 2.15. The third kappa shape index (κ3) is 4.58. The Morgan fingerprint density at radius 3 is 1.17 bits per heavy atom. The van der Waals surface area contributed by atoms with Gasteiger partial charge in [-0.05, 0) is 99.1 Å². The van der Waals surface area contributed by atoms with Crippen LogP contribution in [0.1, 0.15) is 64.2 Å². The lowest BCUT2D eigenvalue weighted by atomic mass is 9.72. The van der Waals surface area contributed by atoms with E-state index in [0.29, 0.717) is 0 Å². The van der Waals surface area contributed by atoms with E-state index in [2.05, 4.69) is 47.0 Å². The summed E-state index contributed by atoms with van der Waals surface area (Å²) in [7, 11) is 0. The summed E-state index contributed by atoms with van der Waals surface area (Å²) in [6.07, 6.45) is 14.4. The van der Waals surface area contributed by atoms with Gasteiger partial charge in [0.05, 0.1) is 0 Å². The molecule has 4 heteroatoms. The minimum absolute atomic E-state index is 1.03. The number of thioether (sulfide) groups is 4. The van der Waals surface area contributed by atoms with Gasteiger partial charge in [-0.2, -0.15) is 0 Å². The first-order valence-corrected chi connectivity index (χ1v) is 13.8. The lowest BCUT2D eigenvalue weighted by Crippen LogP contribution is -2.22. The number of rotatable bonds is 1. The van der Waals surface area contributed by atoms with E-state index >= 15 is 0 Å². The molecule has 0 aromatic carbocycles. The van der Waals surface area contributed by atoms with Gasteiger partial charge in [0.2, 0.25) is 0 Å². The van der Waals surface area contributed by atoms with Gasteiger partial charge in [0.15, 0.2) is 0 Å². The summed E-state index contributed by atoms with van der Waals surface area (Å²) >= 11 is 8.62. The van der Waals surface area contributed by atoms with Gasteiger partial charge in [-0.3, -0.25) is 0 Å². The second-order valence-electron chi connectivity index (χ2n) is 7.56. The van der Waals surface area contributed by atoms with Gasteiger partial charge in [0.25, 0.3) is 0 Å². The Labute approximate surface area is 165 Å². The van der Waals surface area contributed by atoms with Crippen LogP contribution in [-0.4, -0.2) is 23.0 Å². The Morgan fingerprint density at radius 2 is 0.833 bits per heavy atom. The van der Waals surface area contributed by atoms with Crippen molar-refractivity contribution in [2.45, 2.75) is 64.2 Å². The van der Waals surface area contributed by atoms with Crippen LogP contribution in [-0.2, 0) is 0 Å². The molecular weight excluding hydrogens is 368 g/mol.